The lowest BCUT2D eigenvalue weighted by Crippen LogP contribution is -2.46. The molecule has 1 aliphatic heterocycles. The second-order valence-electron chi connectivity index (χ2n) is 10.0. The number of hydrogen-bond donors (Lipinski definition) is 0. The zero-order chi connectivity index (χ0) is 24.8. The Morgan fingerprint density at radius 2 is 1.03 bits per heavy atom. The van der Waals surface area contributed by atoms with Crippen molar-refractivity contribution in [2.24, 2.45) is 0 Å². The Morgan fingerprint density at radius 3 is 1.65 bits per heavy atom. The van der Waals surface area contributed by atoms with Gasteiger partial charge in [-0.2, -0.15) is 0 Å². The molecule has 0 amide bonds. The maximum absolute atomic E-state index is 2.47. The topological polar surface area (TPSA) is 0 Å². The highest BCUT2D eigenvalue weighted by atomic mass is 31.1. The van der Waals surface area contributed by atoms with Gasteiger partial charge in [-0.15, -0.1) is 0 Å². The van der Waals surface area contributed by atoms with Gasteiger partial charge >= 0.3 is 0 Å². The Hall–Kier alpha value is -3.51. The standard InChI is InChI=1S/C35H28PSi/c1-37(29-13-3-2-4-14-29)33-18-10-9-17-32(33)36-23-27-21-19-25-11-5-7-15-30(25)34(27)35-28(24-36)22-20-26-12-6-8-16-31(26)35/h2-22H,23-24H2,1H3. The van der Waals surface area contributed by atoms with Crippen molar-refractivity contribution in [1.82, 2.24) is 0 Å². The van der Waals surface area contributed by atoms with Gasteiger partial charge in [0, 0.05) is 0 Å². The third-order valence-corrected chi connectivity index (χ3v) is 13.0. The van der Waals surface area contributed by atoms with Gasteiger partial charge in [-0.3, -0.25) is 0 Å². The zero-order valence-corrected chi connectivity index (χ0v) is 22.9. The minimum Gasteiger partial charge on any atom is -0.0664 e. The Balaban J connectivity index is 1.46. The predicted octanol–water partition coefficient (Wildman–Crippen LogP) is 7.72. The van der Waals surface area contributed by atoms with Crippen LogP contribution < -0.4 is 15.7 Å². The van der Waals surface area contributed by atoms with Crippen molar-refractivity contribution >= 4 is 53.9 Å². The minimum absolute atomic E-state index is 0.396. The quantitative estimate of drug-likeness (QED) is 0.170. The van der Waals surface area contributed by atoms with E-state index in [1.165, 1.54) is 49.0 Å². The second kappa shape index (κ2) is 9.42. The predicted molar refractivity (Wildman–Crippen MR) is 165 cm³/mol. The molecule has 0 unspecified atom stereocenters. The van der Waals surface area contributed by atoms with Crippen molar-refractivity contribution in [2.45, 2.75) is 18.9 Å². The summed E-state index contributed by atoms with van der Waals surface area (Å²) in [6, 6.07) is 47.9. The molecule has 0 bridgehead atoms. The van der Waals surface area contributed by atoms with E-state index in [0.29, 0.717) is 0 Å². The van der Waals surface area contributed by atoms with Crippen molar-refractivity contribution in [3.8, 4) is 11.1 Å². The first-order valence-corrected chi connectivity index (χ1v) is 16.7. The summed E-state index contributed by atoms with van der Waals surface area (Å²) < 4.78 is 0. The summed E-state index contributed by atoms with van der Waals surface area (Å²) in [6.07, 6.45) is 2.25. The molecule has 0 atom stereocenters. The van der Waals surface area contributed by atoms with Gasteiger partial charge in [0.2, 0.25) is 0 Å². The van der Waals surface area contributed by atoms with Crippen LogP contribution in [0.4, 0.5) is 0 Å². The van der Waals surface area contributed by atoms with E-state index in [-0.39, 0.29) is 0 Å². The highest BCUT2D eigenvalue weighted by molar-refractivity contribution is 7.64. The number of benzene rings is 6. The molecule has 0 aliphatic carbocycles. The fourth-order valence-corrected chi connectivity index (χ4v) is 11.3. The number of rotatable bonds is 3. The lowest BCUT2D eigenvalue weighted by atomic mass is 9.88. The van der Waals surface area contributed by atoms with Crippen LogP contribution in [0, 0.1) is 0 Å². The first-order valence-electron chi connectivity index (χ1n) is 13.0. The van der Waals surface area contributed by atoms with Crippen LogP contribution in [0.15, 0.2) is 127 Å². The lowest BCUT2D eigenvalue weighted by molar-refractivity contribution is 1.40. The molecule has 1 heterocycles. The van der Waals surface area contributed by atoms with Gasteiger partial charge in [-0.1, -0.05) is 147 Å². The van der Waals surface area contributed by atoms with E-state index in [9.17, 15) is 0 Å². The summed E-state index contributed by atoms with van der Waals surface area (Å²) in [5.74, 6) is 0. The summed E-state index contributed by atoms with van der Waals surface area (Å²) in [5, 5.41) is 10.1. The third kappa shape index (κ3) is 3.95. The zero-order valence-electron chi connectivity index (χ0n) is 21.0. The molecule has 2 heteroatoms. The maximum Gasteiger partial charge on any atom is 0.119 e. The Kier molecular flexibility index (Phi) is 5.77. The number of fused-ring (bicyclic) bond motifs is 7. The first kappa shape index (κ1) is 22.7. The average Bonchev–Trinajstić information content (AvgIpc) is 3.14. The van der Waals surface area contributed by atoms with Gasteiger partial charge in [-0.25, -0.2) is 0 Å². The van der Waals surface area contributed by atoms with Crippen LogP contribution in [0.2, 0.25) is 6.55 Å². The summed E-state index contributed by atoms with van der Waals surface area (Å²) >= 11 is 0. The van der Waals surface area contributed by atoms with E-state index < -0.39 is 16.7 Å². The fraction of sp³-hybridized carbons (Fsp3) is 0.0857. The largest absolute Gasteiger partial charge is 0.119 e. The molecule has 0 saturated carbocycles. The van der Waals surface area contributed by atoms with Crippen molar-refractivity contribution in [2.75, 3.05) is 0 Å². The van der Waals surface area contributed by atoms with Crippen molar-refractivity contribution in [1.29, 1.82) is 0 Å². The van der Waals surface area contributed by atoms with Crippen molar-refractivity contribution in [3.63, 3.8) is 0 Å². The molecular weight excluding hydrogens is 479 g/mol. The molecule has 0 aromatic heterocycles. The molecule has 0 fully saturated rings. The van der Waals surface area contributed by atoms with Crippen LogP contribution in [0.3, 0.4) is 0 Å². The van der Waals surface area contributed by atoms with Crippen molar-refractivity contribution < 1.29 is 0 Å². The Morgan fingerprint density at radius 1 is 0.514 bits per heavy atom. The molecule has 0 nitrogen and oxygen atoms in total. The molecule has 1 aliphatic rings. The highest BCUT2D eigenvalue weighted by Gasteiger charge is 2.27. The van der Waals surface area contributed by atoms with E-state index >= 15 is 0 Å². The summed E-state index contributed by atoms with van der Waals surface area (Å²) in [5.41, 5.74) is 5.91. The third-order valence-electron chi connectivity index (χ3n) is 7.86. The SMILES string of the molecule is C[Si](c1ccccc1)c1ccccc1P1Cc2ccc3ccccc3c2-c2c(ccc3ccccc23)C1. The van der Waals surface area contributed by atoms with Gasteiger partial charge in [-0.05, 0) is 66.6 Å². The van der Waals surface area contributed by atoms with Gasteiger partial charge in [0.1, 0.15) is 8.80 Å². The molecule has 6 aromatic rings. The highest BCUT2D eigenvalue weighted by Crippen LogP contribution is 2.52. The van der Waals surface area contributed by atoms with E-state index in [1.807, 2.05) is 0 Å². The molecule has 177 valence electrons. The molecule has 0 saturated heterocycles. The van der Waals surface area contributed by atoms with E-state index in [2.05, 4.69) is 134 Å². The van der Waals surface area contributed by atoms with E-state index in [0.717, 1.165) is 12.3 Å². The summed E-state index contributed by atoms with van der Waals surface area (Å²) in [7, 11) is -1.24. The van der Waals surface area contributed by atoms with Crippen LogP contribution in [0.1, 0.15) is 11.1 Å². The van der Waals surface area contributed by atoms with E-state index in [1.54, 1.807) is 10.5 Å². The van der Waals surface area contributed by atoms with Gasteiger partial charge < -0.3 is 0 Å². The molecule has 7 rings (SSSR count). The van der Waals surface area contributed by atoms with Gasteiger partial charge in [0.15, 0.2) is 0 Å². The smallest absolute Gasteiger partial charge is 0.0664 e. The van der Waals surface area contributed by atoms with Gasteiger partial charge in [0.05, 0.1) is 0 Å². The molecule has 0 spiro atoms. The van der Waals surface area contributed by atoms with Crippen LogP contribution in [-0.2, 0) is 12.3 Å². The molecular formula is C35H28PSi. The average molecular weight is 508 g/mol. The fourth-order valence-electron chi connectivity index (χ4n) is 6.04. The molecule has 1 radical (unpaired) electrons. The first-order chi connectivity index (χ1) is 18.3. The van der Waals surface area contributed by atoms with Crippen LogP contribution >= 0.6 is 7.92 Å². The number of hydrogen-bond acceptors (Lipinski definition) is 0. The minimum atomic E-state index is -0.840. The maximum atomic E-state index is 2.47. The molecule has 37 heavy (non-hydrogen) atoms. The monoisotopic (exact) mass is 507 g/mol. The summed E-state index contributed by atoms with van der Waals surface area (Å²) in [6.45, 7) is 2.47. The Labute approximate surface area is 222 Å². The second-order valence-corrected chi connectivity index (χ2v) is 14.6. The molecule has 6 aromatic carbocycles. The van der Waals surface area contributed by atoms with Gasteiger partial charge in [0.25, 0.3) is 0 Å². The van der Waals surface area contributed by atoms with E-state index in [4.69, 9.17) is 0 Å². The van der Waals surface area contributed by atoms with Crippen LogP contribution in [0.25, 0.3) is 32.7 Å². The lowest BCUT2D eigenvalue weighted by Gasteiger charge is -2.23. The van der Waals surface area contributed by atoms with Crippen molar-refractivity contribution in [3.05, 3.63) is 139 Å². The Bertz CT molecular complexity index is 1670. The molecule has 0 N–H and O–H groups in total. The van der Waals surface area contributed by atoms with Crippen LogP contribution in [0.5, 0.6) is 0 Å². The van der Waals surface area contributed by atoms with Crippen LogP contribution in [-0.4, -0.2) is 8.80 Å². The normalized spacial score (nSPS) is 13.5. The summed E-state index contributed by atoms with van der Waals surface area (Å²) in [4.78, 5) is 0.